The molecule has 0 aromatic carbocycles. The first kappa shape index (κ1) is 10.9. The molecule has 1 saturated heterocycles. The normalized spacial score (nSPS) is 21.1. The number of carbonyl (C=O) groups excluding carboxylic acids is 2. The van der Waals surface area contributed by atoms with Crippen LogP contribution < -0.4 is 0 Å². The van der Waals surface area contributed by atoms with Crippen LogP contribution in [-0.4, -0.2) is 49.6 Å². The second kappa shape index (κ2) is 4.92. The second-order valence-corrected chi connectivity index (χ2v) is 2.88. The number of esters is 2. The van der Waals surface area contributed by atoms with E-state index < -0.39 is 18.0 Å². The molecule has 0 radical (unpaired) electrons. The molecule has 0 amide bonds. The third kappa shape index (κ3) is 3.71. The molecule has 14 heavy (non-hydrogen) atoms. The zero-order valence-electron chi connectivity index (χ0n) is 7.76. The van der Waals surface area contributed by atoms with Gasteiger partial charge in [0.05, 0.1) is 20.1 Å². The molecule has 0 saturated carbocycles. The third-order valence-electron chi connectivity index (χ3n) is 1.67. The van der Waals surface area contributed by atoms with Crippen LogP contribution in [0.25, 0.3) is 0 Å². The summed E-state index contributed by atoms with van der Waals surface area (Å²) in [5, 5.41) is 9.06. The topological polar surface area (TPSA) is 85.4 Å². The summed E-state index contributed by atoms with van der Waals surface area (Å²) in [5.74, 6) is -1.48. The molecule has 1 N–H and O–H groups in total. The van der Waals surface area contributed by atoms with Gasteiger partial charge >= 0.3 is 11.9 Å². The minimum atomic E-state index is -1.45. The average Bonchev–Trinajstić information content (AvgIpc) is 2.96. The molecule has 1 heterocycles. The fourth-order valence-corrected chi connectivity index (χ4v) is 0.786. The number of carbonyl (C=O) groups is 2. The van der Waals surface area contributed by atoms with Crippen molar-refractivity contribution in [3.8, 4) is 0 Å². The zero-order chi connectivity index (χ0) is 10.6. The third-order valence-corrected chi connectivity index (χ3v) is 1.67. The fourth-order valence-electron chi connectivity index (χ4n) is 0.786. The van der Waals surface area contributed by atoms with Crippen LogP contribution in [0.4, 0.5) is 0 Å². The van der Waals surface area contributed by atoms with E-state index >= 15 is 0 Å². The van der Waals surface area contributed by atoms with Crippen molar-refractivity contribution in [1.29, 1.82) is 0 Å². The van der Waals surface area contributed by atoms with Gasteiger partial charge in [-0.05, 0) is 0 Å². The lowest BCUT2D eigenvalue weighted by molar-refractivity contribution is -0.158. The van der Waals surface area contributed by atoms with Crippen molar-refractivity contribution in [2.45, 2.75) is 18.6 Å². The van der Waals surface area contributed by atoms with E-state index in [4.69, 9.17) is 14.6 Å². The number of aliphatic hydroxyl groups excluding tert-OH is 1. The number of hydrogen-bond acceptors (Lipinski definition) is 6. The molecule has 0 bridgehead atoms. The van der Waals surface area contributed by atoms with Gasteiger partial charge in [-0.2, -0.15) is 0 Å². The van der Waals surface area contributed by atoms with Gasteiger partial charge in [-0.25, -0.2) is 4.79 Å². The average molecular weight is 204 g/mol. The minimum absolute atomic E-state index is 0.0192. The molecule has 1 aliphatic heterocycles. The molecule has 80 valence electrons. The van der Waals surface area contributed by atoms with Gasteiger partial charge in [0.25, 0.3) is 0 Å². The molecule has 1 fully saturated rings. The van der Waals surface area contributed by atoms with E-state index in [0.717, 1.165) is 7.11 Å². The predicted molar refractivity (Wildman–Crippen MR) is 43.3 cm³/mol. The Morgan fingerprint density at radius 2 is 2.29 bits per heavy atom. The van der Waals surface area contributed by atoms with Crippen LogP contribution in [0.2, 0.25) is 0 Å². The summed E-state index contributed by atoms with van der Waals surface area (Å²) in [6, 6.07) is 0. The molecule has 0 aromatic rings. The van der Waals surface area contributed by atoms with Crippen molar-refractivity contribution >= 4 is 11.9 Å². The number of rotatable bonds is 5. The molecular weight excluding hydrogens is 192 g/mol. The van der Waals surface area contributed by atoms with Crippen LogP contribution >= 0.6 is 0 Å². The summed E-state index contributed by atoms with van der Waals surface area (Å²) in [7, 11) is 1.13. The van der Waals surface area contributed by atoms with Crippen molar-refractivity contribution in [2.24, 2.45) is 0 Å². The van der Waals surface area contributed by atoms with Gasteiger partial charge in [-0.3, -0.25) is 4.79 Å². The van der Waals surface area contributed by atoms with E-state index in [-0.39, 0.29) is 19.1 Å². The SMILES string of the molecule is COC(=O)C(O)CC(=O)OCC1CO1. The summed E-state index contributed by atoms with van der Waals surface area (Å²) >= 11 is 0. The van der Waals surface area contributed by atoms with Gasteiger partial charge in [-0.15, -0.1) is 0 Å². The van der Waals surface area contributed by atoms with E-state index in [1.807, 2.05) is 0 Å². The second-order valence-electron chi connectivity index (χ2n) is 2.88. The number of ether oxygens (including phenoxy) is 3. The maximum Gasteiger partial charge on any atom is 0.335 e. The highest BCUT2D eigenvalue weighted by molar-refractivity contribution is 5.81. The minimum Gasteiger partial charge on any atom is -0.467 e. The molecule has 0 spiro atoms. The molecule has 6 heteroatoms. The molecule has 2 atom stereocenters. The summed E-state index contributed by atoms with van der Waals surface area (Å²) in [4.78, 5) is 21.7. The van der Waals surface area contributed by atoms with Crippen LogP contribution in [0.15, 0.2) is 0 Å². The van der Waals surface area contributed by atoms with Gasteiger partial charge in [0.1, 0.15) is 12.7 Å². The van der Waals surface area contributed by atoms with E-state index in [1.54, 1.807) is 0 Å². The van der Waals surface area contributed by atoms with Gasteiger partial charge < -0.3 is 19.3 Å². The fraction of sp³-hybridized carbons (Fsp3) is 0.750. The smallest absolute Gasteiger partial charge is 0.335 e. The van der Waals surface area contributed by atoms with Crippen molar-refractivity contribution in [2.75, 3.05) is 20.3 Å². The predicted octanol–water partition coefficient (Wildman–Crippen LogP) is -1.15. The molecule has 1 rings (SSSR count). The largest absolute Gasteiger partial charge is 0.467 e. The molecule has 2 unspecified atom stereocenters. The number of hydrogen-bond donors (Lipinski definition) is 1. The van der Waals surface area contributed by atoms with Crippen LogP contribution in [0.5, 0.6) is 0 Å². The quantitative estimate of drug-likeness (QED) is 0.449. The highest BCUT2D eigenvalue weighted by atomic mass is 16.6. The first-order valence-corrected chi connectivity index (χ1v) is 4.16. The Hall–Kier alpha value is -1.14. The Morgan fingerprint density at radius 1 is 1.64 bits per heavy atom. The summed E-state index contributed by atoms with van der Waals surface area (Å²) in [5.41, 5.74) is 0. The Morgan fingerprint density at radius 3 is 2.79 bits per heavy atom. The van der Waals surface area contributed by atoms with Gasteiger partial charge in [-0.1, -0.05) is 0 Å². The molecule has 6 nitrogen and oxygen atoms in total. The Kier molecular flexibility index (Phi) is 3.84. The zero-order valence-corrected chi connectivity index (χ0v) is 7.76. The van der Waals surface area contributed by atoms with Crippen molar-refractivity contribution in [3.63, 3.8) is 0 Å². The Bertz CT molecular complexity index is 222. The molecule has 1 aliphatic rings. The van der Waals surface area contributed by atoms with Gasteiger partial charge in [0, 0.05) is 0 Å². The number of methoxy groups -OCH3 is 1. The van der Waals surface area contributed by atoms with Crippen molar-refractivity contribution in [1.82, 2.24) is 0 Å². The number of epoxide rings is 1. The van der Waals surface area contributed by atoms with Crippen molar-refractivity contribution in [3.05, 3.63) is 0 Å². The maximum absolute atomic E-state index is 11.0. The molecular formula is C8H12O6. The van der Waals surface area contributed by atoms with E-state index in [0.29, 0.717) is 6.61 Å². The van der Waals surface area contributed by atoms with Gasteiger partial charge in [0.2, 0.25) is 0 Å². The lowest BCUT2D eigenvalue weighted by Crippen LogP contribution is -2.26. The highest BCUT2D eigenvalue weighted by Crippen LogP contribution is 2.09. The Labute approximate surface area is 80.7 Å². The number of aliphatic hydroxyl groups is 1. The monoisotopic (exact) mass is 204 g/mol. The first-order valence-electron chi connectivity index (χ1n) is 4.16. The van der Waals surface area contributed by atoms with Crippen LogP contribution in [0, 0.1) is 0 Å². The lowest BCUT2D eigenvalue weighted by atomic mass is 10.2. The standard InChI is InChI=1S/C8H12O6/c1-12-8(11)6(9)2-7(10)14-4-5-3-13-5/h5-6,9H,2-4H2,1H3. The van der Waals surface area contributed by atoms with Crippen LogP contribution in [0.1, 0.15) is 6.42 Å². The van der Waals surface area contributed by atoms with Crippen molar-refractivity contribution < 1.29 is 28.9 Å². The summed E-state index contributed by atoms with van der Waals surface area (Å²) in [6.45, 7) is 0.763. The van der Waals surface area contributed by atoms with E-state index in [1.165, 1.54) is 0 Å². The lowest BCUT2D eigenvalue weighted by Gasteiger charge is -2.07. The highest BCUT2D eigenvalue weighted by Gasteiger charge is 2.26. The Balaban J connectivity index is 2.14. The molecule has 0 aliphatic carbocycles. The van der Waals surface area contributed by atoms with E-state index in [9.17, 15) is 9.59 Å². The van der Waals surface area contributed by atoms with Gasteiger partial charge in [0.15, 0.2) is 6.10 Å². The summed E-state index contributed by atoms with van der Waals surface area (Å²) < 4.78 is 13.7. The summed E-state index contributed by atoms with van der Waals surface area (Å²) in [6.07, 6.45) is -1.86. The first-order chi connectivity index (χ1) is 6.63. The van der Waals surface area contributed by atoms with Crippen LogP contribution in [0.3, 0.4) is 0 Å². The van der Waals surface area contributed by atoms with Crippen LogP contribution in [-0.2, 0) is 23.8 Å². The maximum atomic E-state index is 11.0. The van der Waals surface area contributed by atoms with E-state index in [2.05, 4.69) is 4.74 Å². The molecule has 0 aromatic heterocycles.